The SMILES string of the molecule is O=C(CCc1ccc(O)c(O)c1)Cc1ccc(O)c(O)c1. The van der Waals surface area contributed by atoms with E-state index in [9.17, 15) is 25.2 Å². The van der Waals surface area contributed by atoms with Gasteiger partial charge in [-0.25, -0.2) is 0 Å². The Kier molecular flexibility index (Phi) is 4.33. The van der Waals surface area contributed by atoms with Gasteiger partial charge in [0.1, 0.15) is 5.78 Å². The van der Waals surface area contributed by atoms with Crippen molar-refractivity contribution in [2.75, 3.05) is 0 Å². The molecular formula is C16H16O5. The van der Waals surface area contributed by atoms with Crippen molar-refractivity contribution < 1.29 is 25.2 Å². The van der Waals surface area contributed by atoms with Gasteiger partial charge in [0.15, 0.2) is 23.0 Å². The van der Waals surface area contributed by atoms with Gasteiger partial charge >= 0.3 is 0 Å². The minimum absolute atomic E-state index is 0.0207. The molecule has 2 aromatic carbocycles. The van der Waals surface area contributed by atoms with Crippen LogP contribution in [0.3, 0.4) is 0 Å². The molecular weight excluding hydrogens is 272 g/mol. The third kappa shape index (κ3) is 3.89. The highest BCUT2D eigenvalue weighted by Gasteiger charge is 2.08. The predicted molar refractivity (Wildman–Crippen MR) is 76.6 cm³/mol. The summed E-state index contributed by atoms with van der Waals surface area (Å²) in [4.78, 5) is 11.9. The first-order valence-electron chi connectivity index (χ1n) is 6.49. The van der Waals surface area contributed by atoms with Crippen molar-refractivity contribution in [3.8, 4) is 23.0 Å². The molecule has 0 unspecified atom stereocenters. The Labute approximate surface area is 121 Å². The Hall–Kier alpha value is -2.69. The van der Waals surface area contributed by atoms with Crippen molar-refractivity contribution in [2.24, 2.45) is 0 Å². The van der Waals surface area contributed by atoms with Crippen LogP contribution in [0.4, 0.5) is 0 Å². The number of rotatable bonds is 5. The van der Waals surface area contributed by atoms with E-state index in [4.69, 9.17) is 0 Å². The Bertz CT molecular complexity index is 664. The van der Waals surface area contributed by atoms with Crippen LogP contribution in [0.1, 0.15) is 17.5 Å². The molecule has 0 aliphatic carbocycles. The molecule has 0 aliphatic rings. The van der Waals surface area contributed by atoms with Gasteiger partial charge in [0, 0.05) is 12.8 Å². The van der Waals surface area contributed by atoms with E-state index in [2.05, 4.69) is 0 Å². The second-order valence-corrected chi connectivity index (χ2v) is 4.86. The highest BCUT2D eigenvalue weighted by molar-refractivity contribution is 5.81. The van der Waals surface area contributed by atoms with Gasteiger partial charge in [-0.2, -0.15) is 0 Å². The van der Waals surface area contributed by atoms with Gasteiger partial charge < -0.3 is 20.4 Å². The van der Waals surface area contributed by atoms with Gasteiger partial charge in [0.25, 0.3) is 0 Å². The van der Waals surface area contributed by atoms with Gasteiger partial charge in [-0.1, -0.05) is 12.1 Å². The zero-order valence-electron chi connectivity index (χ0n) is 11.3. The molecule has 0 bridgehead atoms. The summed E-state index contributed by atoms with van der Waals surface area (Å²) in [5, 5.41) is 37.1. The number of phenolic OH excluding ortho intramolecular Hbond substituents is 4. The van der Waals surface area contributed by atoms with Crippen LogP contribution in [-0.2, 0) is 17.6 Å². The molecule has 0 atom stereocenters. The average molecular weight is 288 g/mol. The van der Waals surface area contributed by atoms with Crippen molar-refractivity contribution in [2.45, 2.75) is 19.3 Å². The normalized spacial score (nSPS) is 10.5. The Morgan fingerprint density at radius 1 is 0.762 bits per heavy atom. The molecule has 5 nitrogen and oxygen atoms in total. The molecule has 2 rings (SSSR count). The maximum absolute atomic E-state index is 11.9. The molecule has 0 aromatic heterocycles. The summed E-state index contributed by atoms with van der Waals surface area (Å²) in [6.45, 7) is 0. The fourth-order valence-corrected chi connectivity index (χ4v) is 2.00. The first-order valence-corrected chi connectivity index (χ1v) is 6.49. The van der Waals surface area contributed by atoms with Gasteiger partial charge in [0.2, 0.25) is 0 Å². The van der Waals surface area contributed by atoms with Crippen LogP contribution >= 0.6 is 0 Å². The molecule has 0 amide bonds. The molecule has 0 saturated carbocycles. The lowest BCUT2D eigenvalue weighted by molar-refractivity contribution is -0.118. The van der Waals surface area contributed by atoms with E-state index in [1.54, 1.807) is 12.1 Å². The maximum Gasteiger partial charge on any atom is 0.157 e. The van der Waals surface area contributed by atoms with E-state index < -0.39 is 0 Å². The molecule has 5 heteroatoms. The summed E-state index contributed by atoms with van der Waals surface area (Å²) in [6.07, 6.45) is 0.903. The van der Waals surface area contributed by atoms with Crippen LogP contribution in [0.2, 0.25) is 0 Å². The van der Waals surface area contributed by atoms with Crippen molar-refractivity contribution in [1.29, 1.82) is 0 Å². The fraction of sp³-hybridized carbons (Fsp3) is 0.188. The lowest BCUT2D eigenvalue weighted by Gasteiger charge is -2.05. The minimum atomic E-state index is -0.247. The average Bonchev–Trinajstić information content (AvgIpc) is 2.44. The molecule has 4 N–H and O–H groups in total. The second-order valence-electron chi connectivity index (χ2n) is 4.86. The molecule has 0 saturated heterocycles. The van der Waals surface area contributed by atoms with Crippen molar-refractivity contribution in [3.05, 3.63) is 47.5 Å². The molecule has 0 heterocycles. The van der Waals surface area contributed by atoms with Gasteiger partial charge in [-0.3, -0.25) is 4.79 Å². The fourth-order valence-electron chi connectivity index (χ4n) is 2.00. The van der Waals surface area contributed by atoms with E-state index in [0.717, 1.165) is 5.56 Å². The number of benzene rings is 2. The lowest BCUT2D eigenvalue weighted by atomic mass is 10.0. The number of Topliss-reactive ketones (excluding diaryl/α,β-unsaturated/α-hetero) is 1. The monoisotopic (exact) mass is 288 g/mol. The largest absolute Gasteiger partial charge is 0.504 e. The number of phenols is 4. The van der Waals surface area contributed by atoms with Crippen LogP contribution in [0, 0.1) is 0 Å². The van der Waals surface area contributed by atoms with Gasteiger partial charge in [-0.05, 0) is 41.8 Å². The zero-order valence-corrected chi connectivity index (χ0v) is 11.3. The Balaban J connectivity index is 1.92. The summed E-state index contributed by atoms with van der Waals surface area (Å²) in [7, 11) is 0. The highest BCUT2D eigenvalue weighted by atomic mass is 16.3. The van der Waals surface area contributed by atoms with Crippen LogP contribution in [0.5, 0.6) is 23.0 Å². The van der Waals surface area contributed by atoms with Crippen LogP contribution in [-0.4, -0.2) is 26.2 Å². The molecule has 0 radical (unpaired) electrons. The second kappa shape index (κ2) is 6.17. The number of carbonyl (C=O) groups is 1. The topological polar surface area (TPSA) is 98.0 Å². The van der Waals surface area contributed by atoms with Crippen LogP contribution < -0.4 is 0 Å². The summed E-state index contributed by atoms with van der Waals surface area (Å²) in [5.41, 5.74) is 1.39. The van der Waals surface area contributed by atoms with Crippen LogP contribution in [0.15, 0.2) is 36.4 Å². The van der Waals surface area contributed by atoms with Crippen molar-refractivity contribution in [1.82, 2.24) is 0 Å². The molecule has 0 aliphatic heterocycles. The maximum atomic E-state index is 11.9. The summed E-state index contributed by atoms with van der Waals surface area (Å²) >= 11 is 0. The predicted octanol–water partition coefficient (Wildman–Crippen LogP) is 2.25. The third-order valence-electron chi connectivity index (χ3n) is 3.17. The summed E-state index contributed by atoms with van der Waals surface area (Å²) in [6, 6.07) is 8.74. The number of aromatic hydroxyl groups is 4. The van der Waals surface area contributed by atoms with Crippen molar-refractivity contribution >= 4 is 5.78 Å². The molecule has 2 aromatic rings. The van der Waals surface area contributed by atoms with Crippen LogP contribution in [0.25, 0.3) is 0 Å². The van der Waals surface area contributed by atoms with E-state index in [0.29, 0.717) is 12.0 Å². The van der Waals surface area contributed by atoms with E-state index in [1.807, 2.05) is 0 Å². The van der Waals surface area contributed by atoms with E-state index in [1.165, 1.54) is 24.3 Å². The molecule has 0 fully saturated rings. The van der Waals surface area contributed by atoms with Gasteiger partial charge in [-0.15, -0.1) is 0 Å². The smallest absolute Gasteiger partial charge is 0.157 e. The highest BCUT2D eigenvalue weighted by Crippen LogP contribution is 2.26. The van der Waals surface area contributed by atoms with Gasteiger partial charge in [0.05, 0.1) is 0 Å². The first-order chi connectivity index (χ1) is 9.95. The molecule has 0 spiro atoms. The number of ketones is 1. The Morgan fingerprint density at radius 2 is 1.29 bits per heavy atom. The number of aryl methyl sites for hydroxylation is 1. The standard InChI is InChI=1S/C16H16O5/c17-12(7-11-3-6-14(19)16(21)9-11)4-1-10-2-5-13(18)15(20)8-10/h2-3,5-6,8-9,18-21H,1,4,7H2. The molecule has 21 heavy (non-hydrogen) atoms. The van der Waals surface area contributed by atoms with E-state index in [-0.39, 0.29) is 41.6 Å². The third-order valence-corrected chi connectivity index (χ3v) is 3.17. The summed E-state index contributed by atoms with van der Waals surface area (Å²) in [5.74, 6) is -0.879. The quantitative estimate of drug-likeness (QED) is 0.633. The summed E-state index contributed by atoms with van der Waals surface area (Å²) < 4.78 is 0. The molecule has 110 valence electrons. The van der Waals surface area contributed by atoms with E-state index >= 15 is 0 Å². The first kappa shape index (κ1) is 14.7. The van der Waals surface area contributed by atoms with Crippen molar-refractivity contribution in [3.63, 3.8) is 0 Å². The lowest BCUT2D eigenvalue weighted by Crippen LogP contribution is -2.04. The zero-order chi connectivity index (χ0) is 15.4. The minimum Gasteiger partial charge on any atom is -0.504 e. The number of hydrogen-bond acceptors (Lipinski definition) is 5. The Morgan fingerprint density at radius 3 is 1.86 bits per heavy atom. The number of hydrogen-bond donors (Lipinski definition) is 4. The number of carbonyl (C=O) groups excluding carboxylic acids is 1.